The topological polar surface area (TPSA) is 141 Å². The van der Waals surface area contributed by atoms with Crippen LogP contribution in [0, 0.1) is 23.7 Å². The average molecular weight is 568 g/mol. The van der Waals surface area contributed by atoms with Gasteiger partial charge in [0.1, 0.15) is 5.60 Å². The van der Waals surface area contributed by atoms with Gasteiger partial charge in [0.2, 0.25) is 0 Å². The Balaban J connectivity index is 3.30. The largest absolute Gasteiger partial charge is 0.493 e. The van der Waals surface area contributed by atoms with Crippen LogP contribution in [0.2, 0.25) is 0 Å². The molecule has 10 heteroatoms. The second-order valence-electron chi connectivity index (χ2n) is 11.8. The number of carbonyl (C=O) groups excluding carboxylic acids is 2. The maximum atomic E-state index is 13.8. The van der Waals surface area contributed by atoms with Crippen LogP contribution in [0.3, 0.4) is 0 Å². The highest BCUT2D eigenvalue weighted by molar-refractivity contribution is 5.98. The van der Waals surface area contributed by atoms with Crippen molar-refractivity contribution in [2.45, 2.75) is 85.5 Å². The van der Waals surface area contributed by atoms with E-state index in [9.17, 15) is 24.6 Å². The number of amides is 1. The van der Waals surface area contributed by atoms with Gasteiger partial charge in [-0.05, 0) is 63.6 Å². The highest BCUT2D eigenvalue weighted by atomic mass is 16.6. The molecule has 0 aliphatic rings. The maximum absolute atomic E-state index is 13.8. The first-order valence-electron chi connectivity index (χ1n) is 13.9. The normalized spacial score (nSPS) is 14.8. The summed E-state index contributed by atoms with van der Waals surface area (Å²) in [5, 5.41) is 23.5. The lowest BCUT2D eigenvalue weighted by atomic mass is 9.80. The number of aliphatic hydroxyl groups excluding tert-OH is 1. The highest BCUT2D eigenvalue weighted by Crippen LogP contribution is 2.32. The molecule has 1 aromatic rings. The van der Waals surface area contributed by atoms with Gasteiger partial charge in [0.25, 0.3) is 0 Å². The molecular formula is C30H49NO9. The predicted octanol–water partition coefficient (Wildman–Crippen LogP) is 4.96. The molecule has 0 heterocycles. The number of aliphatic hydroxyl groups is 1. The lowest BCUT2D eigenvalue weighted by Gasteiger charge is -2.32. The van der Waals surface area contributed by atoms with Gasteiger partial charge in [-0.2, -0.15) is 0 Å². The van der Waals surface area contributed by atoms with Crippen LogP contribution in [0.5, 0.6) is 11.5 Å². The van der Waals surface area contributed by atoms with Gasteiger partial charge in [-0.25, -0.2) is 4.79 Å². The van der Waals surface area contributed by atoms with E-state index in [-0.39, 0.29) is 30.5 Å². The Morgan fingerprint density at radius 3 is 2.05 bits per heavy atom. The molecule has 40 heavy (non-hydrogen) atoms. The summed E-state index contributed by atoms with van der Waals surface area (Å²) in [6.07, 6.45) is -1.32. The molecule has 0 aliphatic heterocycles. The lowest BCUT2D eigenvalue weighted by molar-refractivity contribution is -0.144. The number of hydrogen-bond acceptors (Lipinski definition) is 8. The van der Waals surface area contributed by atoms with Crippen molar-refractivity contribution in [2.24, 2.45) is 23.7 Å². The van der Waals surface area contributed by atoms with Crippen molar-refractivity contribution < 1.29 is 43.5 Å². The summed E-state index contributed by atoms with van der Waals surface area (Å²) in [4.78, 5) is 38.3. The third-order valence-electron chi connectivity index (χ3n) is 6.63. The van der Waals surface area contributed by atoms with E-state index >= 15 is 0 Å². The number of carbonyl (C=O) groups is 3. The third kappa shape index (κ3) is 11.7. The smallest absolute Gasteiger partial charge is 0.407 e. The first kappa shape index (κ1) is 35.2. The predicted molar refractivity (Wildman–Crippen MR) is 152 cm³/mol. The van der Waals surface area contributed by atoms with Gasteiger partial charge >= 0.3 is 12.1 Å². The number of rotatable bonds is 17. The van der Waals surface area contributed by atoms with Crippen LogP contribution in [0.4, 0.5) is 4.79 Å². The molecule has 0 aliphatic carbocycles. The molecule has 1 amide bonds. The minimum atomic E-state index is -1.22. The van der Waals surface area contributed by atoms with Gasteiger partial charge in [0.15, 0.2) is 17.3 Å². The van der Waals surface area contributed by atoms with E-state index in [1.807, 2.05) is 13.8 Å². The quantitative estimate of drug-likeness (QED) is 0.176. The molecule has 1 rings (SSSR count). The van der Waals surface area contributed by atoms with Crippen molar-refractivity contribution in [2.75, 3.05) is 27.4 Å². The van der Waals surface area contributed by atoms with Crippen LogP contribution < -0.4 is 14.8 Å². The molecule has 3 N–H and O–H groups in total. The Bertz CT molecular complexity index is 955. The molecule has 1 unspecified atom stereocenters. The maximum Gasteiger partial charge on any atom is 0.407 e. The molecular weight excluding hydrogens is 518 g/mol. The fourth-order valence-corrected chi connectivity index (χ4v) is 4.35. The number of alkyl carbamates (subject to hydrolysis) is 1. The van der Waals surface area contributed by atoms with Crippen LogP contribution in [0.1, 0.15) is 78.1 Å². The molecule has 10 nitrogen and oxygen atoms in total. The van der Waals surface area contributed by atoms with E-state index < -0.39 is 41.6 Å². The molecule has 0 fully saturated rings. The molecule has 4 atom stereocenters. The molecule has 0 bridgehead atoms. The summed E-state index contributed by atoms with van der Waals surface area (Å²) >= 11 is 0. The Hall–Kier alpha value is -2.85. The Labute approximate surface area is 238 Å². The monoisotopic (exact) mass is 567 g/mol. The first-order chi connectivity index (χ1) is 18.6. The van der Waals surface area contributed by atoms with Crippen LogP contribution in [0.15, 0.2) is 18.2 Å². The van der Waals surface area contributed by atoms with Crippen LogP contribution >= 0.6 is 0 Å². The van der Waals surface area contributed by atoms with E-state index in [1.165, 1.54) is 7.11 Å². The first-order valence-corrected chi connectivity index (χ1v) is 13.9. The zero-order valence-corrected chi connectivity index (χ0v) is 25.5. The van der Waals surface area contributed by atoms with Crippen LogP contribution in [-0.2, 0) is 14.3 Å². The average Bonchev–Trinajstić information content (AvgIpc) is 2.85. The summed E-state index contributed by atoms with van der Waals surface area (Å²) < 4.78 is 21.7. The number of nitrogens with one attached hydrogen (secondary N) is 1. The zero-order valence-electron chi connectivity index (χ0n) is 25.5. The molecule has 0 radical (unpaired) electrons. The summed E-state index contributed by atoms with van der Waals surface area (Å²) in [5.41, 5.74) is -0.380. The van der Waals surface area contributed by atoms with Gasteiger partial charge in [0.05, 0.1) is 31.8 Å². The van der Waals surface area contributed by atoms with Crippen LogP contribution in [-0.4, -0.2) is 73.2 Å². The molecule has 0 saturated heterocycles. The lowest BCUT2D eigenvalue weighted by Crippen LogP contribution is -2.48. The van der Waals surface area contributed by atoms with Crippen LogP contribution in [0.25, 0.3) is 0 Å². The number of ketones is 1. The van der Waals surface area contributed by atoms with Gasteiger partial charge < -0.3 is 34.5 Å². The fraction of sp³-hybridized carbons (Fsp3) is 0.700. The standard InChI is InChI=1S/C30H49NO9/c1-18(2)21(27(33)20-11-12-25(38-9)26(15-20)39-14-10-13-37-8)16-23(31-29(36)40-30(5,6)7)24(32)17-22(19(3)4)28(34)35/h11-12,15,18-19,21-24,32H,10,13-14,16-17H2,1-9H3,(H,31,36)(H,34,35)/t21-,22-,23?,24-/m0/s1. The number of hydrogen-bond donors (Lipinski definition) is 3. The van der Waals surface area contributed by atoms with Crippen molar-refractivity contribution in [3.05, 3.63) is 23.8 Å². The molecule has 0 saturated carbocycles. The molecule has 1 aromatic carbocycles. The Morgan fingerprint density at radius 2 is 1.55 bits per heavy atom. The van der Waals surface area contributed by atoms with Gasteiger partial charge in [-0.15, -0.1) is 0 Å². The van der Waals surface area contributed by atoms with E-state index in [0.717, 1.165) is 0 Å². The van der Waals surface area contributed by atoms with E-state index in [1.54, 1.807) is 59.9 Å². The number of aliphatic carboxylic acids is 1. The number of benzene rings is 1. The van der Waals surface area contributed by atoms with Crippen molar-refractivity contribution in [3.63, 3.8) is 0 Å². The number of carboxylic acid groups (broad SMARTS) is 1. The van der Waals surface area contributed by atoms with E-state index in [2.05, 4.69) is 5.32 Å². The zero-order chi connectivity index (χ0) is 30.6. The summed E-state index contributed by atoms with van der Waals surface area (Å²) in [6, 6.07) is 4.04. The summed E-state index contributed by atoms with van der Waals surface area (Å²) in [7, 11) is 3.13. The van der Waals surface area contributed by atoms with Gasteiger partial charge in [-0.3, -0.25) is 9.59 Å². The third-order valence-corrected chi connectivity index (χ3v) is 6.63. The number of ether oxygens (including phenoxy) is 4. The minimum absolute atomic E-state index is 0.0808. The number of Topliss-reactive ketones (excluding diaryl/α,β-unsaturated/α-hetero) is 1. The second kappa shape index (κ2) is 16.4. The highest BCUT2D eigenvalue weighted by Gasteiger charge is 2.35. The summed E-state index contributed by atoms with van der Waals surface area (Å²) in [6.45, 7) is 13.4. The fourth-order valence-electron chi connectivity index (χ4n) is 4.35. The minimum Gasteiger partial charge on any atom is -0.493 e. The van der Waals surface area contributed by atoms with Crippen molar-refractivity contribution in [1.82, 2.24) is 5.32 Å². The Kier molecular flexibility index (Phi) is 14.4. The Morgan fingerprint density at radius 1 is 0.925 bits per heavy atom. The number of carboxylic acids is 1. The van der Waals surface area contributed by atoms with Crippen molar-refractivity contribution >= 4 is 17.8 Å². The van der Waals surface area contributed by atoms with Gasteiger partial charge in [0, 0.05) is 31.6 Å². The van der Waals surface area contributed by atoms with Crippen molar-refractivity contribution in [3.8, 4) is 11.5 Å². The molecule has 228 valence electrons. The van der Waals surface area contributed by atoms with E-state index in [4.69, 9.17) is 18.9 Å². The second-order valence-corrected chi connectivity index (χ2v) is 11.8. The SMILES string of the molecule is COCCCOc1cc(C(=O)[C@@H](CC(NC(=O)OC(C)(C)C)[C@@H](O)C[C@H](C(=O)O)C(C)C)C(C)C)ccc1OC. The van der Waals surface area contributed by atoms with Crippen molar-refractivity contribution in [1.29, 1.82) is 0 Å². The van der Waals surface area contributed by atoms with E-state index in [0.29, 0.717) is 36.7 Å². The van der Waals surface area contributed by atoms with Gasteiger partial charge in [-0.1, -0.05) is 27.7 Å². The summed E-state index contributed by atoms with van der Waals surface area (Å²) in [5.74, 6) is -2.13. The molecule has 0 spiro atoms. The molecule has 0 aromatic heterocycles. The number of methoxy groups -OCH3 is 2.